The van der Waals surface area contributed by atoms with Crippen LogP contribution in [0.2, 0.25) is 0 Å². The van der Waals surface area contributed by atoms with E-state index in [4.69, 9.17) is 4.99 Å². The minimum absolute atomic E-state index is 0. The van der Waals surface area contributed by atoms with Crippen molar-refractivity contribution in [2.45, 2.75) is 46.3 Å². The molecule has 2 N–H and O–H groups in total. The Balaban J connectivity index is 0.00000261. The highest BCUT2D eigenvalue weighted by Gasteiger charge is 2.11. The Labute approximate surface area is 184 Å². The topological polar surface area (TPSA) is 39.7 Å². The van der Waals surface area contributed by atoms with Crippen molar-refractivity contribution < 1.29 is 0 Å². The molecule has 1 saturated heterocycles. The third-order valence-electron chi connectivity index (χ3n) is 4.78. The summed E-state index contributed by atoms with van der Waals surface area (Å²) in [5.41, 5.74) is 3.99. The molecule has 27 heavy (non-hydrogen) atoms. The van der Waals surface area contributed by atoms with Crippen molar-refractivity contribution in [1.29, 1.82) is 0 Å². The number of rotatable bonds is 7. The van der Waals surface area contributed by atoms with Crippen LogP contribution >= 0.6 is 35.3 Å². The quantitative estimate of drug-likeness (QED) is 0.335. The van der Waals surface area contributed by atoms with E-state index in [-0.39, 0.29) is 24.0 Å². The van der Waals surface area contributed by atoms with Crippen LogP contribution < -0.4 is 10.6 Å². The molecule has 1 aromatic carbocycles. The molecule has 0 aliphatic carbocycles. The summed E-state index contributed by atoms with van der Waals surface area (Å²) < 4.78 is 0. The third-order valence-corrected chi connectivity index (χ3v) is 5.80. The van der Waals surface area contributed by atoms with Gasteiger partial charge < -0.3 is 10.6 Å². The second-order valence-corrected chi connectivity index (χ2v) is 7.88. The molecule has 6 heteroatoms. The summed E-state index contributed by atoms with van der Waals surface area (Å²) in [5.74, 6) is 0.876. The number of hydrogen-bond donors (Lipinski definition) is 2. The standard InChI is InChI=1S/C21H30N4S.HI/c1-3-22-21(24-15-20-17(2)10-13-26-20)23-14-18-6-8-19(9-7-18)16-25-11-4-5-12-25;/h6-10,13H,3-5,11-12,14-16H2,1-2H3,(H2,22,23,24);1H. The molecule has 0 atom stereocenters. The van der Waals surface area contributed by atoms with E-state index in [1.165, 1.54) is 47.5 Å². The van der Waals surface area contributed by atoms with Crippen LogP contribution in [0.4, 0.5) is 0 Å². The maximum absolute atomic E-state index is 4.73. The van der Waals surface area contributed by atoms with Crippen molar-refractivity contribution in [2.24, 2.45) is 4.99 Å². The highest BCUT2D eigenvalue weighted by Crippen LogP contribution is 2.15. The van der Waals surface area contributed by atoms with Gasteiger partial charge in [-0.15, -0.1) is 35.3 Å². The molecule has 0 spiro atoms. The number of halogens is 1. The van der Waals surface area contributed by atoms with Crippen molar-refractivity contribution in [3.63, 3.8) is 0 Å². The largest absolute Gasteiger partial charge is 0.357 e. The number of hydrogen-bond acceptors (Lipinski definition) is 3. The summed E-state index contributed by atoms with van der Waals surface area (Å²) in [5, 5.41) is 8.91. The number of aryl methyl sites for hydroxylation is 1. The first kappa shape index (κ1) is 22.2. The summed E-state index contributed by atoms with van der Waals surface area (Å²) in [4.78, 5) is 8.63. The molecule has 148 valence electrons. The van der Waals surface area contributed by atoms with Gasteiger partial charge in [-0.1, -0.05) is 24.3 Å². The van der Waals surface area contributed by atoms with Crippen LogP contribution in [-0.2, 0) is 19.6 Å². The van der Waals surface area contributed by atoms with E-state index < -0.39 is 0 Å². The van der Waals surface area contributed by atoms with Gasteiger partial charge in [0.25, 0.3) is 0 Å². The molecule has 1 aliphatic heterocycles. The average molecular weight is 498 g/mol. The van der Waals surface area contributed by atoms with Gasteiger partial charge in [0, 0.05) is 18.0 Å². The van der Waals surface area contributed by atoms with E-state index in [0.717, 1.165) is 25.6 Å². The Morgan fingerprint density at radius 3 is 2.41 bits per heavy atom. The summed E-state index contributed by atoms with van der Waals surface area (Å²) in [6.07, 6.45) is 2.69. The zero-order chi connectivity index (χ0) is 18.2. The summed E-state index contributed by atoms with van der Waals surface area (Å²) in [6.45, 7) is 10.2. The summed E-state index contributed by atoms with van der Waals surface area (Å²) in [7, 11) is 0. The molecular weight excluding hydrogens is 467 g/mol. The van der Waals surface area contributed by atoms with Gasteiger partial charge in [0.15, 0.2) is 5.96 Å². The van der Waals surface area contributed by atoms with Crippen LogP contribution in [-0.4, -0.2) is 30.5 Å². The van der Waals surface area contributed by atoms with Gasteiger partial charge in [0.2, 0.25) is 0 Å². The lowest BCUT2D eigenvalue weighted by molar-refractivity contribution is 0.331. The normalized spacial score (nSPS) is 14.8. The lowest BCUT2D eigenvalue weighted by Gasteiger charge is -2.14. The summed E-state index contributed by atoms with van der Waals surface area (Å²) in [6, 6.07) is 11.1. The number of nitrogens with one attached hydrogen (secondary N) is 2. The van der Waals surface area contributed by atoms with Gasteiger partial charge in [-0.25, -0.2) is 4.99 Å². The average Bonchev–Trinajstić information content (AvgIpc) is 3.30. The van der Waals surface area contributed by atoms with E-state index in [9.17, 15) is 0 Å². The molecule has 0 amide bonds. The van der Waals surface area contributed by atoms with Gasteiger partial charge in [-0.3, -0.25) is 4.90 Å². The maximum atomic E-state index is 4.73. The Kier molecular flexibility index (Phi) is 9.58. The van der Waals surface area contributed by atoms with E-state index >= 15 is 0 Å². The summed E-state index contributed by atoms with van der Waals surface area (Å²) >= 11 is 1.79. The molecule has 0 saturated carbocycles. The molecule has 0 bridgehead atoms. The van der Waals surface area contributed by atoms with Crippen LogP contribution in [0.25, 0.3) is 0 Å². The van der Waals surface area contributed by atoms with Crippen molar-refractivity contribution in [1.82, 2.24) is 15.5 Å². The molecule has 2 heterocycles. The number of thiophene rings is 1. The van der Waals surface area contributed by atoms with Gasteiger partial charge in [0.05, 0.1) is 13.1 Å². The number of benzene rings is 1. The van der Waals surface area contributed by atoms with Crippen molar-refractivity contribution in [3.05, 3.63) is 57.3 Å². The lowest BCUT2D eigenvalue weighted by Crippen LogP contribution is -2.36. The molecule has 2 aromatic rings. The van der Waals surface area contributed by atoms with E-state index in [1.54, 1.807) is 11.3 Å². The van der Waals surface area contributed by atoms with Crippen LogP contribution in [0.5, 0.6) is 0 Å². The van der Waals surface area contributed by atoms with E-state index in [1.807, 2.05) is 0 Å². The Hall–Kier alpha value is -1.12. The highest BCUT2D eigenvalue weighted by atomic mass is 127. The van der Waals surface area contributed by atoms with Gasteiger partial charge in [-0.2, -0.15) is 0 Å². The minimum Gasteiger partial charge on any atom is -0.357 e. The lowest BCUT2D eigenvalue weighted by atomic mass is 10.1. The first-order valence-electron chi connectivity index (χ1n) is 9.60. The van der Waals surface area contributed by atoms with Crippen LogP contribution in [0, 0.1) is 6.92 Å². The third kappa shape index (κ3) is 7.08. The number of aliphatic imine (C=N–C) groups is 1. The maximum Gasteiger partial charge on any atom is 0.191 e. The molecule has 1 fully saturated rings. The number of guanidine groups is 1. The fraction of sp³-hybridized carbons (Fsp3) is 0.476. The van der Waals surface area contributed by atoms with Gasteiger partial charge in [-0.05, 0) is 67.9 Å². The molecule has 4 nitrogen and oxygen atoms in total. The first-order chi connectivity index (χ1) is 12.7. The SMILES string of the molecule is CCNC(=NCc1ccc(CN2CCCC2)cc1)NCc1sccc1C.I. The van der Waals surface area contributed by atoms with E-state index in [0.29, 0.717) is 6.54 Å². The molecular formula is C21H31IN4S. The molecule has 0 radical (unpaired) electrons. The predicted molar refractivity (Wildman–Crippen MR) is 127 cm³/mol. The zero-order valence-electron chi connectivity index (χ0n) is 16.3. The van der Waals surface area contributed by atoms with E-state index in [2.05, 4.69) is 65.1 Å². The first-order valence-corrected chi connectivity index (χ1v) is 10.5. The van der Waals surface area contributed by atoms with Crippen molar-refractivity contribution >= 4 is 41.3 Å². The minimum atomic E-state index is 0. The second kappa shape index (κ2) is 11.7. The molecule has 1 aromatic heterocycles. The zero-order valence-corrected chi connectivity index (χ0v) is 19.5. The fourth-order valence-corrected chi connectivity index (χ4v) is 4.06. The molecule has 0 unspecified atom stereocenters. The predicted octanol–water partition coefficient (Wildman–Crippen LogP) is 4.53. The van der Waals surface area contributed by atoms with Gasteiger partial charge in [0.1, 0.15) is 0 Å². The monoisotopic (exact) mass is 498 g/mol. The Bertz CT molecular complexity index is 705. The van der Waals surface area contributed by atoms with Crippen LogP contribution in [0.1, 0.15) is 41.3 Å². The smallest absolute Gasteiger partial charge is 0.191 e. The Morgan fingerprint density at radius 1 is 1.07 bits per heavy atom. The highest BCUT2D eigenvalue weighted by molar-refractivity contribution is 14.0. The fourth-order valence-electron chi connectivity index (χ4n) is 3.21. The Morgan fingerprint density at radius 2 is 1.78 bits per heavy atom. The van der Waals surface area contributed by atoms with Crippen molar-refractivity contribution in [3.8, 4) is 0 Å². The van der Waals surface area contributed by atoms with Crippen molar-refractivity contribution in [2.75, 3.05) is 19.6 Å². The van der Waals surface area contributed by atoms with Gasteiger partial charge >= 0.3 is 0 Å². The molecule has 1 aliphatic rings. The van der Waals surface area contributed by atoms with Crippen LogP contribution in [0.3, 0.4) is 0 Å². The van der Waals surface area contributed by atoms with Crippen LogP contribution in [0.15, 0.2) is 40.7 Å². The number of likely N-dealkylation sites (tertiary alicyclic amines) is 1. The molecule has 3 rings (SSSR count). The number of nitrogens with zero attached hydrogens (tertiary/aromatic N) is 2. The second-order valence-electron chi connectivity index (χ2n) is 6.88.